The lowest BCUT2D eigenvalue weighted by Crippen LogP contribution is -2.33. The Bertz CT molecular complexity index is 619. The van der Waals surface area contributed by atoms with Gasteiger partial charge >= 0.3 is 18.0 Å². The summed E-state index contributed by atoms with van der Waals surface area (Å²) in [5.41, 5.74) is 0.178. The van der Waals surface area contributed by atoms with E-state index < -0.39 is 18.0 Å². The lowest BCUT2D eigenvalue weighted by molar-refractivity contribution is -0.141. The molecule has 26 heavy (non-hydrogen) atoms. The lowest BCUT2D eigenvalue weighted by atomic mass is 10.2. The highest BCUT2D eigenvalue weighted by molar-refractivity contribution is 5.89. The average Bonchev–Trinajstić information content (AvgIpc) is 2.64. The van der Waals surface area contributed by atoms with Crippen LogP contribution in [0.15, 0.2) is 12.3 Å². The number of nitrogens with one attached hydrogen (secondary N) is 1. The summed E-state index contributed by atoms with van der Waals surface area (Å²) in [6, 6.07) is 1.36. The van der Waals surface area contributed by atoms with Crippen LogP contribution in [0.5, 0.6) is 11.6 Å². The zero-order valence-electron chi connectivity index (χ0n) is 15.2. The zero-order valence-corrected chi connectivity index (χ0v) is 15.2. The first kappa shape index (κ1) is 21.2. The molecule has 0 fully saturated rings. The fourth-order valence-electron chi connectivity index (χ4n) is 1.85. The Kier molecular flexibility index (Phi) is 9.52. The summed E-state index contributed by atoms with van der Waals surface area (Å²) in [5.74, 6) is -1.19. The van der Waals surface area contributed by atoms with E-state index in [9.17, 15) is 14.4 Å². The highest BCUT2D eigenvalue weighted by Gasteiger charge is 2.17. The van der Waals surface area contributed by atoms with E-state index in [0.29, 0.717) is 6.61 Å². The van der Waals surface area contributed by atoms with Crippen LogP contribution in [-0.4, -0.2) is 49.9 Å². The molecular formula is C17H24N2O7. The Morgan fingerprint density at radius 2 is 1.92 bits per heavy atom. The first-order valence-corrected chi connectivity index (χ1v) is 8.34. The van der Waals surface area contributed by atoms with Crippen molar-refractivity contribution in [3.05, 3.63) is 17.8 Å². The molecule has 0 unspecified atom stereocenters. The molecular weight excluding hydrogens is 344 g/mol. The molecule has 9 heteroatoms. The van der Waals surface area contributed by atoms with E-state index in [4.69, 9.17) is 14.2 Å². The van der Waals surface area contributed by atoms with Crippen molar-refractivity contribution >= 4 is 18.0 Å². The number of hydrogen-bond donors (Lipinski definition) is 1. The number of aromatic nitrogens is 1. The maximum atomic E-state index is 12.0. The molecule has 9 nitrogen and oxygen atoms in total. The first-order valence-electron chi connectivity index (χ1n) is 8.34. The zero-order chi connectivity index (χ0) is 19.4. The van der Waals surface area contributed by atoms with Gasteiger partial charge in [0.05, 0.1) is 25.9 Å². The predicted molar refractivity (Wildman–Crippen MR) is 91.3 cm³/mol. The number of unbranched alkanes of at least 4 members (excludes halogenated alkanes) is 2. The van der Waals surface area contributed by atoms with E-state index in [1.165, 1.54) is 19.4 Å². The van der Waals surface area contributed by atoms with Crippen molar-refractivity contribution in [2.45, 2.75) is 33.1 Å². The van der Waals surface area contributed by atoms with Crippen molar-refractivity contribution < 1.29 is 33.3 Å². The molecule has 0 bridgehead atoms. The van der Waals surface area contributed by atoms with Crippen LogP contribution in [0.3, 0.4) is 0 Å². The maximum Gasteiger partial charge on any atom is 0.414 e. The van der Waals surface area contributed by atoms with E-state index in [2.05, 4.69) is 22.0 Å². The fraction of sp³-hybridized carbons (Fsp3) is 0.529. The molecule has 1 rings (SSSR count). The number of carbonyl (C=O) groups excluding carboxylic acids is 3. The van der Waals surface area contributed by atoms with Gasteiger partial charge in [0.25, 0.3) is 5.88 Å². The van der Waals surface area contributed by atoms with Crippen LogP contribution >= 0.6 is 0 Å². The summed E-state index contributed by atoms with van der Waals surface area (Å²) < 4.78 is 19.9. The van der Waals surface area contributed by atoms with Crippen LogP contribution in [0.1, 0.15) is 43.5 Å². The summed E-state index contributed by atoms with van der Waals surface area (Å²) in [6.45, 7) is 3.90. The topological polar surface area (TPSA) is 113 Å². The molecule has 0 atom stereocenters. The summed E-state index contributed by atoms with van der Waals surface area (Å²) in [7, 11) is 1.34. The van der Waals surface area contributed by atoms with Crippen molar-refractivity contribution in [1.29, 1.82) is 0 Å². The van der Waals surface area contributed by atoms with Gasteiger partial charge in [-0.3, -0.25) is 4.79 Å². The Balaban J connectivity index is 2.63. The highest BCUT2D eigenvalue weighted by atomic mass is 16.6. The van der Waals surface area contributed by atoms with Crippen LogP contribution in [-0.2, 0) is 14.3 Å². The average molecular weight is 368 g/mol. The smallest absolute Gasteiger partial charge is 0.414 e. The maximum absolute atomic E-state index is 12.0. The Morgan fingerprint density at radius 3 is 2.58 bits per heavy atom. The SMILES string of the molecule is CCCCCOC(=O)c1cnc(OC(=O)NCC(=O)OCC)c(OC)c1. The van der Waals surface area contributed by atoms with Crippen molar-refractivity contribution in [3.8, 4) is 11.6 Å². The van der Waals surface area contributed by atoms with Gasteiger partial charge in [0.15, 0.2) is 5.75 Å². The van der Waals surface area contributed by atoms with Crippen LogP contribution in [0.25, 0.3) is 0 Å². The van der Waals surface area contributed by atoms with Gasteiger partial charge in [0.2, 0.25) is 0 Å². The van der Waals surface area contributed by atoms with E-state index in [0.717, 1.165) is 19.3 Å². The Labute approximate surface area is 152 Å². The summed E-state index contributed by atoms with van der Waals surface area (Å²) in [5, 5.41) is 2.22. The summed E-state index contributed by atoms with van der Waals surface area (Å²) in [6.07, 6.45) is 3.10. The van der Waals surface area contributed by atoms with Crippen molar-refractivity contribution in [3.63, 3.8) is 0 Å². The number of pyridine rings is 1. The van der Waals surface area contributed by atoms with Gasteiger partial charge in [0.1, 0.15) is 6.54 Å². The molecule has 1 aromatic heterocycles. The molecule has 144 valence electrons. The molecule has 0 aliphatic carbocycles. The summed E-state index contributed by atoms with van der Waals surface area (Å²) in [4.78, 5) is 38.7. The van der Waals surface area contributed by atoms with Crippen LogP contribution in [0, 0.1) is 0 Å². The molecule has 0 spiro atoms. The van der Waals surface area contributed by atoms with Crippen molar-refractivity contribution in [2.24, 2.45) is 0 Å². The third kappa shape index (κ3) is 7.37. The second kappa shape index (κ2) is 11.7. The van der Waals surface area contributed by atoms with Gasteiger partial charge in [-0.25, -0.2) is 14.6 Å². The molecule has 1 N–H and O–H groups in total. The number of carbonyl (C=O) groups is 3. The monoisotopic (exact) mass is 368 g/mol. The van der Waals surface area contributed by atoms with Gasteiger partial charge in [-0.1, -0.05) is 19.8 Å². The van der Waals surface area contributed by atoms with Gasteiger partial charge in [-0.2, -0.15) is 0 Å². The molecule has 0 aliphatic heterocycles. The number of ether oxygens (including phenoxy) is 4. The minimum absolute atomic E-state index is 0.0827. The van der Waals surface area contributed by atoms with Crippen LogP contribution in [0.2, 0.25) is 0 Å². The van der Waals surface area contributed by atoms with Gasteiger partial charge in [-0.05, 0) is 13.3 Å². The van der Waals surface area contributed by atoms with Gasteiger partial charge in [-0.15, -0.1) is 0 Å². The Hall–Kier alpha value is -2.84. The molecule has 0 aromatic carbocycles. The molecule has 0 saturated heterocycles. The van der Waals surface area contributed by atoms with Gasteiger partial charge < -0.3 is 24.3 Å². The van der Waals surface area contributed by atoms with Crippen molar-refractivity contribution in [1.82, 2.24) is 10.3 Å². The number of rotatable bonds is 10. The number of hydrogen-bond acceptors (Lipinski definition) is 8. The molecule has 1 amide bonds. The number of nitrogens with zero attached hydrogens (tertiary/aromatic N) is 1. The molecule has 0 aliphatic rings. The fourth-order valence-corrected chi connectivity index (χ4v) is 1.85. The van der Waals surface area contributed by atoms with E-state index in [1.807, 2.05) is 0 Å². The third-order valence-corrected chi connectivity index (χ3v) is 3.13. The number of methoxy groups -OCH3 is 1. The minimum Gasteiger partial charge on any atom is -0.491 e. The molecule has 0 radical (unpaired) electrons. The minimum atomic E-state index is -0.904. The lowest BCUT2D eigenvalue weighted by Gasteiger charge is -2.10. The van der Waals surface area contributed by atoms with Crippen LogP contribution < -0.4 is 14.8 Å². The molecule has 1 aromatic rings. The summed E-state index contributed by atoms with van der Waals surface area (Å²) >= 11 is 0. The normalized spacial score (nSPS) is 9.96. The molecule has 0 saturated carbocycles. The quantitative estimate of drug-likeness (QED) is 0.493. The molecule has 1 heterocycles. The van der Waals surface area contributed by atoms with Crippen LogP contribution in [0.4, 0.5) is 4.79 Å². The second-order valence-electron chi connectivity index (χ2n) is 5.12. The number of esters is 2. The predicted octanol–water partition coefficient (Wildman–Crippen LogP) is 2.09. The number of amides is 1. The highest BCUT2D eigenvalue weighted by Crippen LogP contribution is 2.25. The van der Waals surface area contributed by atoms with Gasteiger partial charge in [0, 0.05) is 12.3 Å². The van der Waals surface area contributed by atoms with E-state index >= 15 is 0 Å². The standard InChI is InChI=1S/C17H24N2O7/c1-4-6-7-8-25-16(21)12-9-13(23-3)15(18-10-12)26-17(22)19-11-14(20)24-5-2/h9-10H,4-8,11H2,1-3H3,(H,19,22). The third-order valence-electron chi connectivity index (χ3n) is 3.13. The first-order chi connectivity index (χ1) is 12.5. The van der Waals surface area contributed by atoms with E-state index in [-0.39, 0.29) is 30.3 Å². The largest absolute Gasteiger partial charge is 0.491 e. The Morgan fingerprint density at radius 1 is 1.15 bits per heavy atom. The van der Waals surface area contributed by atoms with E-state index in [1.54, 1.807) is 6.92 Å². The van der Waals surface area contributed by atoms with Crippen molar-refractivity contribution in [2.75, 3.05) is 26.9 Å². The second-order valence-corrected chi connectivity index (χ2v) is 5.12.